The summed E-state index contributed by atoms with van der Waals surface area (Å²) in [5.41, 5.74) is 0.843. The number of aromatic nitrogens is 4. The van der Waals surface area contributed by atoms with Gasteiger partial charge < -0.3 is 15.4 Å². The van der Waals surface area contributed by atoms with E-state index in [9.17, 15) is 18.0 Å². The zero-order valence-corrected chi connectivity index (χ0v) is 16.8. The van der Waals surface area contributed by atoms with Crippen LogP contribution in [0.1, 0.15) is 27.6 Å². The molecule has 0 aliphatic carbocycles. The van der Waals surface area contributed by atoms with Crippen LogP contribution in [-0.2, 0) is 10.9 Å². The third-order valence-corrected chi connectivity index (χ3v) is 4.48. The number of nitrogens with zero attached hydrogens (tertiary/aromatic N) is 4. The van der Waals surface area contributed by atoms with Gasteiger partial charge in [0.25, 0.3) is 5.91 Å². The lowest BCUT2D eigenvalue weighted by atomic mass is 10.1. The summed E-state index contributed by atoms with van der Waals surface area (Å²) in [6.45, 7) is 2.21. The molecule has 12 heteroatoms. The van der Waals surface area contributed by atoms with Crippen LogP contribution >= 0.6 is 12.4 Å². The third-order valence-electron chi connectivity index (χ3n) is 4.48. The van der Waals surface area contributed by atoms with Gasteiger partial charge in [0.2, 0.25) is 5.95 Å². The molecule has 3 aromatic rings. The number of ether oxygens (including phenoxy) is 1. The topological polar surface area (TPSA) is 94.0 Å². The maximum Gasteiger partial charge on any atom is 0.419 e. The minimum absolute atomic E-state index is 0. The van der Waals surface area contributed by atoms with Crippen LogP contribution in [0.15, 0.2) is 49.1 Å². The first-order valence-electron chi connectivity index (χ1n) is 9.08. The average Bonchev–Trinajstić information content (AvgIpc) is 3.25. The van der Waals surface area contributed by atoms with Gasteiger partial charge in [-0.25, -0.2) is 14.6 Å². The molecule has 1 aliphatic rings. The van der Waals surface area contributed by atoms with Gasteiger partial charge in [0.15, 0.2) is 0 Å². The van der Waals surface area contributed by atoms with Crippen molar-refractivity contribution in [3.63, 3.8) is 0 Å². The molecule has 1 atom stereocenters. The summed E-state index contributed by atoms with van der Waals surface area (Å²) in [5, 5.41) is 9.94. The zero-order chi connectivity index (χ0) is 21.1. The molecule has 3 heterocycles. The minimum atomic E-state index is -4.52. The SMILES string of the molecule is Cl.O=C(Nc1ccc(C2CNCCO2)cc1)c1cnn(-c2ncc(C(F)(F)F)cn2)c1. The van der Waals surface area contributed by atoms with E-state index >= 15 is 0 Å². The van der Waals surface area contributed by atoms with E-state index in [1.807, 2.05) is 12.1 Å². The van der Waals surface area contributed by atoms with E-state index in [4.69, 9.17) is 4.74 Å². The molecule has 0 bridgehead atoms. The van der Waals surface area contributed by atoms with Crippen molar-refractivity contribution in [3.8, 4) is 5.95 Å². The van der Waals surface area contributed by atoms with E-state index in [-0.39, 0.29) is 30.0 Å². The van der Waals surface area contributed by atoms with Crippen LogP contribution < -0.4 is 10.6 Å². The number of amides is 1. The molecule has 1 aliphatic heterocycles. The molecule has 1 aromatic carbocycles. The Morgan fingerprint density at radius 3 is 2.48 bits per heavy atom. The van der Waals surface area contributed by atoms with Crippen molar-refractivity contribution in [2.45, 2.75) is 12.3 Å². The first kappa shape index (κ1) is 22.7. The lowest BCUT2D eigenvalue weighted by Gasteiger charge is -2.24. The van der Waals surface area contributed by atoms with Gasteiger partial charge in [0.1, 0.15) is 0 Å². The number of hydrogen-bond acceptors (Lipinski definition) is 6. The number of carbonyl (C=O) groups is 1. The standard InChI is InChI=1S/C19H17F3N6O2.ClH/c20-19(21,22)14-8-24-18(25-9-14)28-11-13(7-26-28)17(29)27-15-3-1-12(2-4-15)16-10-23-5-6-30-16;/h1-4,7-9,11,16,23H,5-6,10H2,(H,27,29);1H. The number of nitrogens with one attached hydrogen (secondary N) is 2. The summed E-state index contributed by atoms with van der Waals surface area (Å²) >= 11 is 0. The quantitative estimate of drug-likeness (QED) is 0.629. The highest BCUT2D eigenvalue weighted by Gasteiger charge is 2.31. The zero-order valence-electron chi connectivity index (χ0n) is 16.0. The smallest absolute Gasteiger partial charge is 0.371 e. The Bertz CT molecular complexity index is 1020. The number of hydrogen-bond donors (Lipinski definition) is 2. The second kappa shape index (κ2) is 9.41. The summed E-state index contributed by atoms with van der Waals surface area (Å²) in [6.07, 6.45) is -0.595. The largest absolute Gasteiger partial charge is 0.419 e. The Labute approximate surface area is 181 Å². The van der Waals surface area contributed by atoms with Crippen LogP contribution in [0.25, 0.3) is 5.95 Å². The fourth-order valence-electron chi connectivity index (χ4n) is 2.90. The number of alkyl halides is 3. The van der Waals surface area contributed by atoms with Gasteiger partial charge in [0, 0.05) is 37.4 Å². The second-order valence-corrected chi connectivity index (χ2v) is 6.58. The monoisotopic (exact) mass is 454 g/mol. The van der Waals surface area contributed by atoms with E-state index in [1.165, 1.54) is 12.4 Å². The summed E-state index contributed by atoms with van der Waals surface area (Å²) in [6, 6.07) is 7.31. The van der Waals surface area contributed by atoms with Crippen LogP contribution in [0, 0.1) is 0 Å². The molecule has 164 valence electrons. The molecule has 2 N–H and O–H groups in total. The van der Waals surface area contributed by atoms with Crippen molar-refractivity contribution >= 4 is 24.0 Å². The van der Waals surface area contributed by atoms with Gasteiger partial charge in [-0.1, -0.05) is 12.1 Å². The van der Waals surface area contributed by atoms with E-state index in [1.54, 1.807) is 12.1 Å². The van der Waals surface area contributed by atoms with E-state index in [2.05, 4.69) is 25.7 Å². The summed E-state index contributed by atoms with van der Waals surface area (Å²) < 4.78 is 44.6. The van der Waals surface area contributed by atoms with Gasteiger partial charge >= 0.3 is 6.18 Å². The lowest BCUT2D eigenvalue weighted by molar-refractivity contribution is -0.138. The number of anilines is 1. The van der Waals surface area contributed by atoms with Crippen LogP contribution in [0.2, 0.25) is 0 Å². The van der Waals surface area contributed by atoms with Crippen LogP contribution in [0.4, 0.5) is 18.9 Å². The lowest BCUT2D eigenvalue weighted by Crippen LogP contribution is -2.33. The molecule has 1 unspecified atom stereocenters. The molecule has 2 aromatic heterocycles. The summed E-state index contributed by atoms with van der Waals surface area (Å²) in [7, 11) is 0. The first-order chi connectivity index (χ1) is 14.4. The fraction of sp³-hybridized carbons (Fsp3) is 0.263. The second-order valence-electron chi connectivity index (χ2n) is 6.58. The Kier molecular flexibility index (Phi) is 6.88. The Morgan fingerprint density at radius 2 is 1.87 bits per heavy atom. The number of halogens is 4. The van der Waals surface area contributed by atoms with Gasteiger partial charge in [-0.2, -0.15) is 18.3 Å². The summed E-state index contributed by atoms with van der Waals surface area (Å²) in [5.74, 6) is -0.496. The molecule has 4 rings (SSSR count). The normalized spacial score (nSPS) is 16.4. The molecule has 1 fully saturated rings. The molecule has 0 saturated carbocycles. The number of carbonyl (C=O) groups excluding carboxylic acids is 1. The predicted octanol–water partition coefficient (Wildman–Crippen LogP) is 3.02. The molecular formula is C19H18ClF3N6O2. The summed E-state index contributed by atoms with van der Waals surface area (Å²) in [4.78, 5) is 19.7. The highest BCUT2D eigenvalue weighted by Crippen LogP contribution is 2.28. The van der Waals surface area contributed by atoms with Crippen LogP contribution in [0.3, 0.4) is 0 Å². The van der Waals surface area contributed by atoms with Crippen molar-refractivity contribution in [3.05, 3.63) is 65.7 Å². The molecule has 31 heavy (non-hydrogen) atoms. The number of benzene rings is 1. The van der Waals surface area contributed by atoms with Crippen molar-refractivity contribution in [2.75, 3.05) is 25.0 Å². The van der Waals surface area contributed by atoms with Crippen molar-refractivity contribution in [1.82, 2.24) is 25.1 Å². The highest BCUT2D eigenvalue weighted by atomic mass is 35.5. The van der Waals surface area contributed by atoms with Crippen LogP contribution in [0.5, 0.6) is 0 Å². The molecule has 8 nitrogen and oxygen atoms in total. The van der Waals surface area contributed by atoms with Gasteiger partial charge in [-0.15, -0.1) is 12.4 Å². The third kappa shape index (κ3) is 5.37. The van der Waals surface area contributed by atoms with Gasteiger partial charge in [0.05, 0.1) is 30.0 Å². The van der Waals surface area contributed by atoms with E-state index in [0.29, 0.717) is 24.7 Å². The maximum absolute atomic E-state index is 12.6. The average molecular weight is 455 g/mol. The predicted molar refractivity (Wildman–Crippen MR) is 107 cm³/mol. The molecule has 0 radical (unpaired) electrons. The van der Waals surface area contributed by atoms with Gasteiger partial charge in [-0.05, 0) is 17.7 Å². The van der Waals surface area contributed by atoms with Crippen molar-refractivity contribution in [2.24, 2.45) is 0 Å². The molecule has 0 spiro atoms. The molecule has 1 saturated heterocycles. The van der Waals surface area contributed by atoms with Crippen molar-refractivity contribution in [1.29, 1.82) is 0 Å². The Hall–Kier alpha value is -3.02. The maximum atomic E-state index is 12.6. The van der Waals surface area contributed by atoms with Crippen LogP contribution in [-0.4, -0.2) is 45.4 Å². The first-order valence-corrected chi connectivity index (χ1v) is 9.08. The van der Waals surface area contributed by atoms with Gasteiger partial charge in [-0.3, -0.25) is 4.79 Å². The minimum Gasteiger partial charge on any atom is -0.371 e. The Morgan fingerprint density at radius 1 is 1.16 bits per heavy atom. The van der Waals surface area contributed by atoms with E-state index < -0.39 is 17.6 Å². The highest BCUT2D eigenvalue weighted by molar-refractivity contribution is 6.03. The number of morpholine rings is 1. The number of rotatable bonds is 4. The van der Waals surface area contributed by atoms with E-state index in [0.717, 1.165) is 23.3 Å². The Balaban J connectivity index is 0.00000272. The fourth-order valence-corrected chi connectivity index (χ4v) is 2.90. The molecule has 1 amide bonds. The molecular weight excluding hydrogens is 437 g/mol. The van der Waals surface area contributed by atoms with Crippen molar-refractivity contribution < 1.29 is 22.7 Å².